The van der Waals surface area contributed by atoms with Crippen molar-refractivity contribution in [3.05, 3.63) is 23.5 Å². The number of methoxy groups -OCH3 is 1. The van der Waals surface area contributed by atoms with E-state index in [1.54, 1.807) is 6.26 Å². The van der Waals surface area contributed by atoms with Gasteiger partial charge >= 0.3 is 5.97 Å². The molecule has 0 saturated heterocycles. The standard InChI is InChI=1S/C9H9FO3S/c1-13-8-5(9(11)12)3-4-6(14-2)7(8)10/h3-4H,1-2H3,(H,11,12). The summed E-state index contributed by atoms with van der Waals surface area (Å²) in [4.78, 5) is 11.0. The molecular weight excluding hydrogens is 207 g/mol. The van der Waals surface area contributed by atoms with Gasteiger partial charge in [0.15, 0.2) is 11.6 Å². The molecule has 5 heteroatoms. The van der Waals surface area contributed by atoms with Gasteiger partial charge in [-0.05, 0) is 18.4 Å². The van der Waals surface area contributed by atoms with Gasteiger partial charge in [0, 0.05) is 4.90 Å². The Balaban J connectivity index is 3.35. The average Bonchev–Trinajstić information content (AvgIpc) is 2.17. The van der Waals surface area contributed by atoms with Crippen molar-refractivity contribution >= 4 is 17.7 Å². The number of carboxylic acid groups (broad SMARTS) is 1. The molecule has 0 bridgehead atoms. The Morgan fingerprint density at radius 3 is 2.64 bits per heavy atom. The van der Waals surface area contributed by atoms with Crippen molar-refractivity contribution in [2.45, 2.75) is 4.90 Å². The molecule has 3 nitrogen and oxygen atoms in total. The van der Waals surface area contributed by atoms with E-state index in [0.29, 0.717) is 4.90 Å². The van der Waals surface area contributed by atoms with Gasteiger partial charge in [0.05, 0.1) is 7.11 Å². The maximum atomic E-state index is 13.5. The normalized spacial score (nSPS) is 9.93. The molecule has 0 atom stereocenters. The van der Waals surface area contributed by atoms with Crippen molar-refractivity contribution in [2.75, 3.05) is 13.4 Å². The zero-order valence-electron chi connectivity index (χ0n) is 7.70. The quantitative estimate of drug-likeness (QED) is 0.787. The zero-order chi connectivity index (χ0) is 10.7. The fourth-order valence-electron chi connectivity index (χ4n) is 1.06. The Hall–Kier alpha value is -1.23. The molecule has 0 amide bonds. The minimum absolute atomic E-state index is 0.164. The van der Waals surface area contributed by atoms with E-state index < -0.39 is 11.8 Å². The summed E-state index contributed by atoms with van der Waals surface area (Å²) in [6.07, 6.45) is 1.71. The number of halogens is 1. The summed E-state index contributed by atoms with van der Waals surface area (Å²) in [6.45, 7) is 0. The van der Waals surface area contributed by atoms with Crippen LogP contribution in [0.15, 0.2) is 17.0 Å². The zero-order valence-corrected chi connectivity index (χ0v) is 8.52. The van der Waals surface area contributed by atoms with Crippen molar-refractivity contribution < 1.29 is 19.0 Å². The summed E-state index contributed by atoms with van der Waals surface area (Å²) in [7, 11) is 1.25. The van der Waals surface area contributed by atoms with Crippen LogP contribution in [-0.4, -0.2) is 24.4 Å². The Kier molecular flexibility index (Phi) is 3.35. The van der Waals surface area contributed by atoms with Crippen LogP contribution in [0.3, 0.4) is 0 Å². The summed E-state index contributed by atoms with van der Waals surface area (Å²) in [5.74, 6) is -2.04. The maximum Gasteiger partial charge on any atom is 0.339 e. The van der Waals surface area contributed by atoms with Crippen LogP contribution < -0.4 is 4.74 Å². The van der Waals surface area contributed by atoms with Gasteiger partial charge in [-0.15, -0.1) is 11.8 Å². The second-order valence-corrected chi connectivity index (χ2v) is 3.32. The van der Waals surface area contributed by atoms with Gasteiger partial charge in [-0.2, -0.15) is 0 Å². The second-order valence-electron chi connectivity index (χ2n) is 2.47. The number of rotatable bonds is 3. The van der Waals surface area contributed by atoms with Crippen LogP contribution in [0.1, 0.15) is 10.4 Å². The molecule has 0 radical (unpaired) electrons. The third-order valence-electron chi connectivity index (χ3n) is 1.72. The SMILES string of the molecule is COc1c(C(=O)O)ccc(SC)c1F. The van der Waals surface area contributed by atoms with E-state index in [9.17, 15) is 9.18 Å². The molecule has 0 aliphatic rings. The lowest BCUT2D eigenvalue weighted by Gasteiger charge is -2.08. The predicted molar refractivity (Wildman–Crippen MR) is 51.7 cm³/mol. The first-order chi connectivity index (χ1) is 6.61. The van der Waals surface area contributed by atoms with E-state index in [1.165, 1.54) is 31.0 Å². The monoisotopic (exact) mass is 216 g/mol. The lowest BCUT2D eigenvalue weighted by atomic mass is 10.2. The highest BCUT2D eigenvalue weighted by molar-refractivity contribution is 7.98. The van der Waals surface area contributed by atoms with Crippen LogP contribution in [0.4, 0.5) is 4.39 Å². The highest BCUT2D eigenvalue weighted by atomic mass is 32.2. The van der Waals surface area contributed by atoms with E-state index in [4.69, 9.17) is 9.84 Å². The first-order valence-electron chi connectivity index (χ1n) is 3.75. The number of carbonyl (C=O) groups is 1. The molecule has 14 heavy (non-hydrogen) atoms. The smallest absolute Gasteiger partial charge is 0.339 e. The summed E-state index contributed by atoms with van der Waals surface area (Å²) in [5.41, 5.74) is -0.164. The molecule has 0 aliphatic heterocycles. The number of hydrogen-bond donors (Lipinski definition) is 1. The van der Waals surface area contributed by atoms with Crippen LogP contribution in [0, 0.1) is 5.82 Å². The number of carboxylic acids is 1. The van der Waals surface area contributed by atoms with Crippen LogP contribution in [0.25, 0.3) is 0 Å². The highest BCUT2D eigenvalue weighted by Crippen LogP contribution is 2.30. The molecule has 0 saturated carbocycles. The molecule has 0 unspecified atom stereocenters. The number of hydrogen-bond acceptors (Lipinski definition) is 3. The molecule has 1 aromatic carbocycles. The molecule has 1 N–H and O–H groups in total. The van der Waals surface area contributed by atoms with Gasteiger partial charge < -0.3 is 9.84 Å². The molecule has 1 rings (SSSR count). The van der Waals surface area contributed by atoms with E-state index in [2.05, 4.69) is 0 Å². The van der Waals surface area contributed by atoms with Crippen LogP contribution >= 0.6 is 11.8 Å². The number of thioether (sulfide) groups is 1. The van der Waals surface area contributed by atoms with Crippen molar-refractivity contribution in [3.63, 3.8) is 0 Å². The molecule has 76 valence electrons. The lowest BCUT2D eigenvalue weighted by Crippen LogP contribution is -2.03. The first-order valence-corrected chi connectivity index (χ1v) is 4.98. The highest BCUT2D eigenvalue weighted by Gasteiger charge is 2.17. The Morgan fingerprint density at radius 2 is 2.21 bits per heavy atom. The molecule has 0 spiro atoms. The third-order valence-corrected chi connectivity index (χ3v) is 2.47. The summed E-state index contributed by atoms with van der Waals surface area (Å²) >= 11 is 1.20. The summed E-state index contributed by atoms with van der Waals surface area (Å²) in [6, 6.07) is 2.75. The molecule has 0 heterocycles. The minimum atomic E-state index is -1.20. The van der Waals surface area contributed by atoms with Gasteiger partial charge in [-0.25, -0.2) is 9.18 Å². The third kappa shape index (κ3) is 1.82. The minimum Gasteiger partial charge on any atom is -0.493 e. The van der Waals surface area contributed by atoms with Gasteiger partial charge in [-0.3, -0.25) is 0 Å². The van der Waals surface area contributed by atoms with Gasteiger partial charge in [0.1, 0.15) is 5.56 Å². The topological polar surface area (TPSA) is 46.5 Å². The van der Waals surface area contributed by atoms with E-state index in [-0.39, 0.29) is 11.3 Å². The molecule has 1 aromatic rings. The van der Waals surface area contributed by atoms with Gasteiger partial charge in [0.25, 0.3) is 0 Å². The Morgan fingerprint density at radius 1 is 1.57 bits per heavy atom. The average molecular weight is 216 g/mol. The Labute approximate surface area is 84.9 Å². The van der Waals surface area contributed by atoms with Gasteiger partial charge in [0.2, 0.25) is 0 Å². The van der Waals surface area contributed by atoms with Gasteiger partial charge in [-0.1, -0.05) is 0 Å². The molecule has 0 fully saturated rings. The number of ether oxygens (including phenoxy) is 1. The summed E-state index contributed by atoms with van der Waals surface area (Å²) < 4.78 is 18.2. The van der Waals surface area contributed by atoms with E-state index in [1.807, 2.05) is 0 Å². The van der Waals surface area contributed by atoms with Crippen molar-refractivity contribution in [1.29, 1.82) is 0 Å². The van der Waals surface area contributed by atoms with Crippen LogP contribution in [0.2, 0.25) is 0 Å². The van der Waals surface area contributed by atoms with Crippen molar-refractivity contribution in [2.24, 2.45) is 0 Å². The fraction of sp³-hybridized carbons (Fsp3) is 0.222. The molecule has 0 aliphatic carbocycles. The number of benzene rings is 1. The first kappa shape index (κ1) is 10.8. The molecule has 0 aromatic heterocycles. The molecular formula is C9H9FO3S. The van der Waals surface area contributed by atoms with E-state index >= 15 is 0 Å². The number of aromatic carboxylic acids is 1. The maximum absolute atomic E-state index is 13.5. The van der Waals surface area contributed by atoms with Crippen LogP contribution in [0.5, 0.6) is 5.75 Å². The predicted octanol–water partition coefficient (Wildman–Crippen LogP) is 2.25. The lowest BCUT2D eigenvalue weighted by molar-refractivity contribution is 0.0692. The second kappa shape index (κ2) is 4.32. The largest absolute Gasteiger partial charge is 0.493 e. The fourth-order valence-corrected chi connectivity index (χ4v) is 1.54. The van der Waals surface area contributed by atoms with E-state index in [0.717, 1.165) is 0 Å². The Bertz CT molecular complexity index is 365. The van der Waals surface area contributed by atoms with Crippen molar-refractivity contribution in [3.8, 4) is 5.75 Å². The van der Waals surface area contributed by atoms with Crippen molar-refractivity contribution in [1.82, 2.24) is 0 Å². The summed E-state index contributed by atoms with van der Waals surface area (Å²) in [5, 5.41) is 8.73. The van der Waals surface area contributed by atoms with Crippen LogP contribution in [-0.2, 0) is 0 Å².